The molecule has 0 spiro atoms. The van der Waals surface area contributed by atoms with Gasteiger partial charge in [-0.3, -0.25) is 14.8 Å². The SMILES string of the molecule is C\C=C/C(=N\C=C\Oc1ccnc2cc(OC)c(OC)cc12)NC(=O)C(N)=C(C=NCCO)OCC. The van der Waals surface area contributed by atoms with Gasteiger partial charge in [0.1, 0.15) is 23.5 Å². The van der Waals surface area contributed by atoms with E-state index in [4.69, 9.17) is 29.8 Å². The molecule has 0 fully saturated rings. The zero-order chi connectivity index (χ0) is 26.3. The number of allylic oxidation sites excluding steroid dienone is 2. The average Bonchev–Trinajstić information content (AvgIpc) is 2.89. The Labute approximate surface area is 209 Å². The summed E-state index contributed by atoms with van der Waals surface area (Å²) in [6.07, 6.45) is 8.96. The molecule has 0 unspecified atom stereocenters. The quantitative estimate of drug-likeness (QED) is 0.175. The molecule has 0 saturated heterocycles. The van der Waals surface area contributed by atoms with E-state index in [1.165, 1.54) is 18.7 Å². The Kier molecular flexibility index (Phi) is 11.4. The Morgan fingerprint density at radius 1 is 1.22 bits per heavy atom. The second-order valence-corrected chi connectivity index (χ2v) is 6.87. The molecule has 1 heterocycles. The number of carbonyl (C=O) groups is 1. The van der Waals surface area contributed by atoms with Crippen LogP contribution in [-0.2, 0) is 9.53 Å². The van der Waals surface area contributed by atoms with E-state index in [0.717, 1.165) is 5.39 Å². The van der Waals surface area contributed by atoms with Crippen LogP contribution >= 0.6 is 0 Å². The highest BCUT2D eigenvalue weighted by atomic mass is 16.5. The first-order valence-electron chi connectivity index (χ1n) is 11.1. The number of aliphatic imine (C=N–C) groups is 2. The fourth-order valence-corrected chi connectivity index (χ4v) is 2.88. The van der Waals surface area contributed by atoms with Crippen molar-refractivity contribution in [3.63, 3.8) is 0 Å². The van der Waals surface area contributed by atoms with Crippen molar-refractivity contribution < 1.29 is 28.8 Å². The fraction of sp³-hybridized carbons (Fsp3) is 0.280. The van der Waals surface area contributed by atoms with E-state index in [9.17, 15) is 4.79 Å². The molecule has 1 aromatic heterocycles. The molecule has 2 rings (SSSR count). The number of rotatable bonds is 12. The van der Waals surface area contributed by atoms with Crippen LogP contribution in [0.15, 0.2) is 70.5 Å². The van der Waals surface area contributed by atoms with E-state index in [1.807, 2.05) is 0 Å². The maximum absolute atomic E-state index is 12.6. The molecule has 0 aliphatic rings. The van der Waals surface area contributed by atoms with Gasteiger partial charge in [-0.1, -0.05) is 6.08 Å². The number of aliphatic hydroxyl groups excluding tert-OH is 1. The second-order valence-electron chi connectivity index (χ2n) is 6.87. The molecule has 0 saturated carbocycles. The minimum atomic E-state index is -0.624. The topological polar surface area (TPSA) is 150 Å². The monoisotopic (exact) mass is 497 g/mol. The van der Waals surface area contributed by atoms with E-state index in [0.29, 0.717) is 22.8 Å². The van der Waals surface area contributed by atoms with Crippen molar-refractivity contribution in [2.45, 2.75) is 13.8 Å². The number of amidine groups is 1. The third-order valence-electron chi connectivity index (χ3n) is 4.49. The lowest BCUT2D eigenvalue weighted by atomic mass is 10.2. The number of amides is 1. The second kappa shape index (κ2) is 14.8. The lowest BCUT2D eigenvalue weighted by Crippen LogP contribution is -2.34. The molecule has 36 heavy (non-hydrogen) atoms. The van der Waals surface area contributed by atoms with E-state index in [2.05, 4.69) is 20.3 Å². The number of ether oxygens (including phenoxy) is 4. The molecule has 0 radical (unpaired) electrons. The number of pyridine rings is 1. The van der Waals surface area contributed by atoms with Gasteiger partial charge in [0.2, 0.25) is 0 Å². The van der Waals surface area contributed by atoms with Crippen LogP contribution in [0.2, 0.25) is 0 Å². The van der Waals surface area contributed by atoms with Crippen LogP contribution < -0.4 is 25.3 Å². The van der Waals surface area contributed by atoms with Crippen molar-refractivity contribution in [3.8, 4) is 17.2 Å². The minimum Gasteiger partial charge on any atom is -0.493 e. The first-order valence-corrected chi connectivity index (χ1v) is 11.1. The van der Waals surface area contributed by atoms with E-state index < -0.39 is 5.91 Å². The molecule has 0 aliphatic carbocycles. The number of aliphatic hydroxyl groups is 1. The molecular weight excluding hydrogens is 466 g/mol. The predicted molar refractivity (Wildman–Crippen MR) is 138 cm³/mol. The molecule has 0 atom stereocenters. The summed E-state index contributed by atoms with van der Waals surface area (Å²) in [5, 5.41) is 12.2. The number of nitrogens with zero attached hydrogens (tertiary/aromatic N) is 3. The number of benzene rings is 1. The Morgan fingerprint density at radius 2 is 1.97 bits per heavy atom. The van der Waals surface area contributed by atoms with Crippen LogP contribution in [0, 0.1) is 0 Å². The van der Waals surface area contributed by atoms with Crippen LogP contribution in [0.5, 0.6) is 17.2 Å². The van der Waals surface area contributed by atoms with Crippen LogP contribution in [-0.4, -0.2) is 62.0 Å². The summed E-state index contributed by atoms with van der Waals surface area (Å²) in [6, 6.07) is 5.23. The van der Waals surface area contributed by atoms with Gasteiger partial charge in [0.15, 0.2) is 17.3 Å². The fourth-order valence-electron chi connectivity index (χ4n) is 2.88. The van der Waals surface area contributed by atoms with Crippen molar-refractivity contribution in [2.24, 2.45) is 15.7 Å². The van der Waals surface area contributed by atoms with E-state index in [1.54, 1.807) is 64.6 Å². The van der Waals surface area contributed by atoms with Crippen molar-refractivity contribution in [1.82, 2.24) is 10.3 Å². The molecule has 1 aromatic carbocycles. The summed E-state index contributed by atoms with van der Waals surface area (Å²) in [7, 11) is 3.10. The zero-order valence-electron chi connectivity index (χ0n) is 20.7. The summed E-state index contributed by atoms with van der Waals surface area (Å²) in [6.45, 7) is 3.84. The van der Waals surface area contributed by atoms with Crippen molar-refractivity contribution in [3.05, 3.63) is 60.5 Å². The lowest BCUT2D eigenvalue weighted by molar-refractivity contribution is -0.116. The molecule has 11 heteroatoms. The number of fused-ring (bicyclic) bond motifs is 1. The molecular formula is C25H31N5O6. The third kappa shape index (κ3) is 7.84. The van der Waals surface area contributed by atoms with Crippen molar-refractivity contribution in [1.29, 1.82) is 0 Å². The van der Waals surface area contributed by atoms with E-state index in [-0.39, 0.29) is 37.1 Å². The largest absolute Gasteiger partial charge is 0.493 e. The van der Waals surface area contributed by atoms with Gasteiger partial charge in [0.25, 0.3) is 5.91 Å². The number of nitrogens with two attached hydrogens (primary N) is 1. The Hall–Kier alpha value is -4.38. The molecule has 11 nitrogen and oxygen atoms in total. The zero-order valence-corrected chi connectivity index (χ0v) is 20.7. The Bertz CT molecular complexity index is 1190. The van der Waals surface area contributed by atoms with Gasteiger partial charge < -0.3 is 35.1 Å². The van der Waals surface area contributed by atoms with E-state index >= 15 is 0 Å². The summed E-state index contributed by atoms with van der Waals surface area (Å²) < 4.78 is 21.8. The molecule has 0 aliphatic heterocycles. The summed E-state index contributed by atoms with van der Waals surface area (Å²) in [4.78, 5) is 25.1. The molecule has 2 aromatic rings. The van der Waals surface area contributed by atoms with Gasteiger partial charge in [-0.25, -0.2) is 4.99 Å². The highest BCUT2D eigenvalue weighted by Gasteiger charge is 2.13. The first kappa shape index (κ1) is 27.9. The van der Waals surface area contributed by atoms with Gasteiger partial charge in [0.05, 0.1) is 51.9 Å². The Morgan fingerprint density at radius 3 is 2.64 bits per heavy atom. The molecule has 4 N–H and O–H groups in total. The minimum absolute atomic E-state index is 0.0961. The number of carbonyl (C=O) groups excluding carboxylic acids is 1. The third-order valence-corrected chi connectivity index (χ3v) is 4.49. The number of methoxy groups -OCH3 is 2. The van der Waals surface area contributed by atoms with Crippen molar-refractivity contribution in [2.75, 3.05) is 34.0 Å². The van der Waals surface area contributed by atoms with Crippen LogP contribution in [0.4, 0.5) is 0 Å². The number of nitrogens with one attached hydrogen (secondary N) is 1. The number of aromatic nitrogens is 1. The maximum Gasteiger partial charge on any atom is 0.276 e. The van der Waals surface area contributed by atoms with Crippen LogP contribution in [0.25, 0.3) is 10.9 Å². The highest BCUT2D eigenvalue weighted by Crippen LogP contribution is 2.35. The van der Waals surface area contributed by atoms with Gasteiger partial charge in [-0.2, -0.15) is 0 Å². The maximum atomic E-state index is 12.6. The van der Waals surface area contributed by atoms with Crippen molar-refractivity contribution >= 4 is 28.9 Å². The highest BCUT2D eigenvalue weighted by molar-refractivity contribution is 6.11. The van der Waals surface area contributed by atoms with Crippen LogP contribution in [0.3, 0.4) is 0 Å². The normalized spacial score (nSPS) is 12.9. The smallest absolute Gasteiger partial charge is 0.276 e. The number of hydrogen-bond acceptors (Lipinski definition) is 10. The molecule has 192 valence electrons. The molecule has 1 amide bonds. The summed E-state index contributed by atoms with van der Waals surface area (Å²) >= 11 is 0. The number of hydrogen-bond donors (Lipinski definition) is 3. The van der Waals surface area contributed by atoms with Gasteiger partial charge in [-0.05, 0) is 32.1 Å². The first-order chi connectivity index (χ1) is 17.5. The summed E-state index contributed by atoms with van der Waals surface area (Å²) in [5.74, 6) is 1.32. The predicted octanol–water partition coefficient (Wildman–Crippen LogP) is 2.46. The van der Waals surface area contributed by atoms with Crippen LogP contribution in [0.1, 0.15) is 13.8 Å². The van der Waals surface area contributed by atoms with Gasteiger partial charge >= 0.3 is 0 Å². The Balaban J connectivity index is 2.21. The lowest BCUT2D eigenvalue weighted by Gasteiger charge is -2.10. The van der Waals surface area contributed by atoms with Gasteiger partial charge in [0, 0.05) is 17.6 Å². The van der Waals surface area contributed by atoms with Gasteiger partial charge in [-0.15, -0.1) is 0 Å². The summed E-state index contributed by atoms with van der Waals surface area (Å²) in [5.41, 5.74) is 6.43. The average molecular weight is 498 g/mol. The molecule has 0 bridgehead atoms. The standard InChI is InChI=1S/C25H31N5O6/c1-5-7-23(30-25(32)24(26)22(35-6-2)16-27-10-12-31)29-11-13-36-19-8-9-28-18-15-21(34-4)20(33-3)14-17(18)19/h5,7-9,11,13-16,31H,6,10,12,26H2,1-4H3,(H,29,30,32)/b7-5-,13-11+,24-22?,27-16?.